The fourth-order valence-electron chi connectivity index (χ4n) is 4.36. The molecule has 1 aliphatic rings. The van der Waals surface area contributed by atoms with E-state index in [0.717, 1.165) is 16.7 Å². The van der Waals surface area contributed by atoms with Crippen LogP contribution < -0.4 is 0 Å². The summed E-state index contributed by atoms with van der Waals surface area (Å²) in [5.41, 5.74) is 3.04. The minimum atomic E-state index is -3.73. The summed E-state index contributed by atoms with van der Waals surface area (Å²) in [6.07, 6.45) is -0.528. The van der Waals surface area contributed by atoms with Gasteiger partial charge in [-0.25, -0.2) is 8.42 Å². The Morgan fingerprint density at radius 1 is 0.818 bits per heavy atom. The summed E-state index contributed by atoms with van der Waals surface area (Å²) in [6, 6.07) is 26.6. The number of aryl methyl sites for hydroxylation is 1. The van der Waals surface area contributed by atoms with Crippen molar-refractivity contribution in [3.8, 4) is 0 Å². The molecule has 33 heavy (non-hydrogen) atoms. The highest BCUT2D eigenvalue weighted by Crippen LogP contribution is 2.55. The van der Waals surface area contributed by atoms with Crippen LogP contribution in [-0.4, -0.2) is 39.6 Å². The largest absolute Gasteiger partial charge is 0.383 e. The number of ether oxygens (including phenoxy) is 3. The van der Waals surface area contributed by atoms with Crippen LogP contribution in [0, 0.1) is 12.8 Å². The summed E-state index contributed by atoms with van der Waals surface area (Å²) in [5, 5.41) is 0. The maximum Gasteiger partial charge on any atom is 0.189 e. The van der Waals surface area contributed by atoms with E-state index in [2.05, 4.69) is 0 Å². The molecule has 6 heteroatoms. The maximum atomic E-state index is 13.9. The van der Waals surface area contributed by atoms with Crippen molar-refractivity contribution in [3.05, 3.63) is 102 Å². The molecule has 0 bridgehead atoms. The van der Waals surface area contributed by atoms with E-state index in [1.54, 1.807) is 12.1 Å². The second kappa shape index (κ2) is 10.2. The lowest BCUT2D eigenvalue weighted by Gasteiger charge is -2.19. The number of methoxy groups -OCH3 is 1. The number of benzene rings is 3. The minimum Gasteiger partial charge on any atom is -0.383 e. The molecule has 174 valence electrons. The van der Waals surface area contributed by atoms with Gasteiger partial charge in [0.2, 0.25) is 0 Å². The van der Waals surface area contributed by atoms with Crippen molar-refractivity contribution in [3.63, 3.8) is 0 Å². The van der Waals surface area contributed by atoms with Gasteiger partial charge in [-0.2, -0.15) is 0 Å². The van der Waals surface area contributed by atoms with Crippen LogP contribution >= 0.6 is 0 Å². The summed E-state index contributed by atoms with van der Waals surface area (Å²) in [5.74, 6) is -0.337. The average molecular weight is 467 g/mol. The SMILES string of the molecule is COC[C@]1(S(=O)(=O)c2ccc(C)cc2)[C@H](OCc2ccccc2)[C@@H]1COCc1ccccc1. The molecular weight excluding hydrogens is 436 g/mol. The Balaban J connectivity index is 1.58. The smallest absolute Gasteiger partial charge is 0.189 e. The minimum absolute atomic E-state index is 0.0437. The van der Waals surface area contributed by atoms with Crippen LogP contribution in [0.25, 0.3) is 0 Å². The number of hydrogen-bond acceptors (Lipinski definition) is 5. The van der Waals surface area contributed by atoms with Crippen LogP contribution in [0.3, 0.4) is 0 Å². The highest BCUT2D eigenvalue weighted by molar-refractivity contribution is 7.93. The van der Waals surface area contributed by atoms with E-state index in [9.17, 15) is 8.42 Å². The molecule has 0 amide bonds. The van der Waals surface area contributed by atoms with Crippen LogP contribution in [0.1, 0.15) is 16.7 Å². The summed E-state index contributed by atoms with van der Waals surface area (Å²) >= 11 is 0. The molecule has 0 spiro atoms. The van der Waals surface area contributed by atoms with Gasteiger partial charge in [-0.3, -0.25) is 0 Å². The van der Waals surface area contributed by atoms with Crippen LogP contribution in [0.15, 0.2) is 89.8 Å². The van der Waals surface area contributed by atoms with Crippen molar-refractivity contribution in [2.24, 2.45) is 5.92 Å². The van der Waals surface area contributed by atoms with E-state index in [1.807, 2.05) is 79.7 Å². The van der Waals surface area contributed by atoms with Gasteiger partial charge in [-0.15, -0.1) is 0 Å². The molecule has 5 nitrogen and oxygen atoms in total. The fraction of sp³-hybridized carbons (Fsp3) is 0.333. The van der Waals surface area contributed by atoms with Crippen molar-refractivity contribution in [2.45, 2.75) is 35.9 Å². The van der Waals surface area contributed by atoms with Gasteiger partial charge in [0, 0.05) is 13.0 Å². The van der Waals surface area contributed by atoms with E-state index < -0.39 is 20.7 Å². The Kier molecular flexibility index (Phi) is 7.29. The molecule has 0 radical (unpaired) electrons. The van der Waals surface area contributed by atoms with Gasteiger partial charge in [-0.05, 0) is 30.2 Å². The standard InChI is InChI=1S/C27H30O5S/c1-21-13-15-24(16-14-21)33(28,29)27(20-30-2)25(19-31-17-22-9-5-3-6-10-22)26(27)32-18-23-11-7-4-8-12-23/h3-16,25-26H,17-20H2,1-2H3/t25-,26+,27+/m0/s1. The zero-order valence-electron chi connectivity index (χ0n) is 19.0. The summed E-state index contributed by atoms with van der Waals surface area (Å²) < 4.78 is 44.2. The highest BCUT2D eigenvalue weighted by Gasteiger charge is 2.74. The topological polar surface area (TPSA) is 61.8 Å². The predicted molar refractivity (Wildman–Crippen MR) is 128 cm³/mol. The van der Waals surface area contributed by atoms with Crippen molar-refractivity contribution >= 4 is 9.84 Å². The lowest BCUT2D eigenvalue weighted by molar-refractivity contribution is 0.0592. The molecule has 1 saturated carbocycles. The first-order valence-corrected chi connectivity index (χ1v) is 12.5. The molecule has 3 aromatic rings. The Morgan fingerprint density at radius 2 is 1.39 bits per heavy atom. The Morgan fingerprint density at radius 3 is 1.97 bits per heavy atom. The third-order valence-electron chi connectivity index (χ3n) is 6.25. The van der Waals surface area contributed by atoms with Crippen LogP contribution in [0.4, 0.5) is 0 Å². The molecule has 0 N–H and O–H groups in total. The second-order valence-electron chi connectivity index (χ2n) is 8.53. The van der Waals surface area contributed by atoms with E-state index in [4.69, 9.17) is 14.2 Å². The quantitative estimate of drug-likeness (QED) is 0.414. The van der Waals surface area contributed by atoms with Crippen LogP contribution in [0.2, 0.25) is 0 Å². The summed E-state index contributed by atoms with van der Waals surface area (Å²) in [4.78, 5) is 0.282. The van der Waals surface area contributed by atoms with Crippen molar-refractivity contribution in [1.82, 2.24) is 0 Å². The molecule has 3 atom stereocenters. The lowest BCUT2D eigenvalue weighted by atomic mass is 10.2. The molecular formula is C27H30O5S. The number of hydrogen-bond donors (Lipinski definition) is 0. The zero-order valence-corrected chi connectivity index (χ0v) is 19.8. The second-order valence-corrected chi connectivity index (χ2v) is 10.8. The first-order chi connectivity index (χ1) is 16.0. The molecule has 0 unspecified atom stereocenters. The summed E-state index contributed by atoms with van der Waals surface area (Å²) in [7, 11) is -2.21. The van der Waals surface area contributed by atoms with Gasteiger partial charge in [0.25, 0.3) is 0 Å². The third kappa shape index (κ3) is 4.89. The first kappa shape index (κ1) is 23.6. The molecule has 3 aromatic carbocycles. The van der Waals surface area contributed by atoms with Crippen molar-refractivity contribution < 1.29 is 22.6 Å². The van der Waals surface area contributed by atoms with Crippen LogP contribution in [-0.2, 0) is 37.3 Å². The van der Waals surface area contributed by atoms with Crippen LogP contribution in [0.5, 0.6) is 0 Å². The van der Waals surface area contributed by atoms with E-state index >= 15 is 0 Å². The van der Waals surface area contributed by atoms with Gasteiger partial charge < -0.3 is 14.2 Å². The van der Waals surface area contributed by atoms with E-state index in [0.29, 0.717) is 13.2 Å². The number of sulfone groups is 1. The van der Waals surface area contributed by atoms with Gasteiger partial charge >= 0.3 is 0 Å². The number of rotatable bonds is 11. The normalized spacial score (nSPS) is 22.2. The third-order valence-corrected chi connectivity index (χ3v) is 8.79. The predicted octanol–water partition coefficient (Wildman–Crippen LogP) is 4.59. The fourth-order valence-corrected chi connectivity index (χ4v) is 6.63. The van der Waals surface area contributed by atoms with Crippen molar-refractivity contribution in [2.75, 3.05) is 20.3 Å². The maximum absolute atomic E-state index is 13.9. The molecule has 4 rings (SSSR count). The Hall–Kier alpha value is -2.51. The van der Waals surface area contributed by atoms with Crippen molar-refractivity contribution in [1.29, 1.82) is 0 Å². The summed E-state index contributed by atoms with van der Waals surface area (Å²) in [6.45, 7) is 2.99. The zero-order chi connectivity index (χ0) is 23.3. The first-order valence-electron chi connectivity index (χ1n) is 11.1. The monoisotopic (exact) mass is 466 g/mol. The van der Waals surface area contributed by atoms with Gasteiger partial charge in [-0.1, -0.05) is 78.4 Å². The Bertz CT molecular complexity index is 1130. The molecule has 1 fully saturated rings. The molecule has 0 aliphatic heterocycles. The molecule has 0 aromatic heterocycles. The highest BCUT2D eigenvalue weighted by atomic mass is 32.2. The van der Waals surface area contributed by atoms with Gasteiger partial charge in [0.05, 0.1) is 37.4 Å². The van der Waals surface area contributed by atoms with Gasteiger partial charge in [0.1, 0.15) is 4.75 Å². The molecule has 0 saturated heterocycles. The average Bonchev–Trinajstić information content (AvgIpc) is 3.46. The van der Waals surface area contributed by atoms with E-state index in [1.165, 1.54) is 7.11 Å². The molecule has 1 aliphatic carbocycles. The Labute approximate surface area is 196 Å². The van der Waals surface area contributed by atoms with Gasteiger partial charge in [0.15, 0.2) is 9.84 Å². The van der Waals surface area contributed by atoms with E-state index in [-0.39, 0.29) is 24.0 Å². The lowest BCUT2D eigenvalue weighted by Crippen LogP contribution is -2.35. The molecule has 0 heterocycles.